The van der Waals surface area contributed by atoms with Crippen molar-refractivity contribution in [3.63, 3.8) is 0 Å². The van der Waals surface area contributed by atoms with E-state index in [-0.39, 0.29) is 43.0 Å². The summed E-state index contributed by atoms with van der Waals surface area (Å²) < 4.78 is 17.4. The Morgan fingerprint density at radius 3 is 2.76 bits per heavy atom. The molecule has 4 aliphatic rings. The van der Waals surface area contributed by atoms with Crippen LogP contribution in [0, 0.1) is 5.92 Å². The molecule has 0 aromatic heterocycles. The van der Waals surface area contributed by atoms with Gasteiger partial charge in [-0.2, -0.15) is 0 Å². The van der Waals surface area contributed by atoms with E-state index >= 15 is 0 Å². The molecule has 0 unspecified atom stereocenters. The number of aliphatic hydroxyl groups is 1. The molecule has 5 rings (SSSR count). The first-order chi connectivity index (χ1) is 19.4. The second kappa shape index (κ2) is 10.8. The van der Waals surface area contributed by atoms with Crippen LogP contribution in [0.4, 0.5) is 0 Å². The maximum Gasteiger partial charge on any atom is 0.352 e. The van der Waals surface area contributed by atoms with Crippen molar-refractivity contribution in [1.82, 2.24) is 10.2 Å². The Morgan fingerprint density at radius 1 is 1.29 bits per heavy atom. The highest BCUT2D eigenvalue weighted by Gasteiger charge is 2.72. The van der Waals surface area contributed by atoms with Gasteiger partial charge >= 0.3 is 11.9 Å². The summed E-state index contributed by atoms with van der Waals surface area (Å²) >= 11 is 0. The molecule has 1 aromatic carbocycles. The van der Waals surface area contributed by atoms with E-state index in [2.05, 4.69) is 10.2 Å². The van der Waals surface area contributed by atoms with Crippen molar-refractivity contribution in [1.29, 1.82) is 0 Å². The van der Waals surface area contributed by atoms with Crippen molar-refractivity contribution >= 4 is 24.1 Å². The van der Waals surface area contributed by atoms with Crippen LogP contribution in [0.2, 0.25) is 0 Å². The lowest BCUT2D eigenvalue weighted by Crippen LogP contribution is -2.74. The predicted octanol–water partition coefficient (Wildman–Crippen LogP) is 1.13. The van der Waals surface area contributed by atoms with Crippen molar-refractivity contribution in [2.24, 2.45) is 11.7 Å². The fourth-order valence-corrected chi connectivity index (χ4v) is 7.10. The van der Waals surface area contributed by atoms with Crippen LogP contribution in [0.15, 0.2) is 24.0 Å². The number of likely N-dealkylation sites (N-methyl/N-ethyl adjacent to an activating group) is 1. The monoisotopic (exact) mass is 569 g/mol. The molecule has 222 valence electrons. The zero-order valence-corrected chi connectivity index (χ0v) is 24.0. The molecule has 2 bridgehead atoms. The molecular formula is C30H39N3O8. The minimum atomic E-state index is -1.22. The van der Waals surface area contributed by atoms with Crippen molar-refractivity contribution in [2.45, 2.75) is 88.2 Å². The quantitative estimate of drug-likeness (QED) is 0.276. The van der Waals surface area contributed by atoms with Crippen LogP contribution in [0.3, 0.4) is 0 Å². The number of nitrogens with one attached hydrogen (secondary N) is 1. The van der Waals surface area contributed by atoms with Gasteiger partial charge in [-0.1, -0.05) is 19.9 Å². The summed E-state index contributed by atoms with van der Waals surface area (Å²) in [6, 6.07) is 2.82. The summed E-state index contributed by atoms with van der Waals surface area (Å²) in [5, 5.41) is 14.8. The average Bonchev–Trinajstić information content (AvgIpc) is 3.27. The Labute approximate surface area is 239 Å². The van der Waals surface area contributed by atoms with E-state index in [1.807, 2.05) is 27.0 Å². The maximum absolute atomic E-state index is 13.1. The smallest absolute Gasteiger partial charge is 0.352 e. The number of nitrogens with two attached hydrogens (primary N) is 1. The molecule has 1 aromatic rings. The van der Waals surface area contributed by atoms with Crippen LogP contribution >= 0.6 is 0 Å². The van der Waals surface area contributed by atoms with E-state index in [1.54, 1.807) is 12.1 Å². The molecule has 1 spiro atoms. The fourth-order valence-electron chi connectivity index (χ4n) is 7.10. The molecule has 11 nitrogen and oxygen atoms in total. The van der Waals surface area contributed by atoms with Gasteiger partial charge in [0.1, 0.15) is 11.5 Å². The lowest BCUT2D eigenvalue weighted by atomic mass is 9.50. The molecular weight excluding hydrogens is 530 g/mol. The van der Waals surface area contributed by atoms with E-state index < -0.39 is 41.2 Å². The zero-order chi connectivity index (χ0) is 29.7. The van der Waals surface area contributed by atoms with Crippen LogP contribution in [0.1, 0.15) is 67.9 Å². The Hall–Kier alpha value is -3.28. The SMILES string of the molecule is CC(C)C[C@H](N)C(=O)NCCC(=O)O[C@@H](C)C(=O)OC1=CC[C@@]2(O)[C@H]3Cc4ccc(C=O)c5c4[C@@]2(CCN3C)[C@H]1O5. The largest absolute Gasteiger partial charge is 0.480 e. The number of aldehydes is 1. The summed E-state index contributed by atoms with van der Waals surface area (Å²) in [5.74, 6) is -0.879. The molecule has 1 fully saturated rings. The van der Waals surface area contributed by atoms with Gasteiger partial charge in [-0.25, -0.2) is 4.79 Å². The molecule has 41 heavy (non-hydrogen) atoms. The van der Waals surface area contributed by atoms with Gasteiger partial charge < -0.3 is 35.3 Å². The second-order valence-electron chi connectivity index (χ2n) is 12.1. The number of carbonyl (C=O) groups is 4. The number of carbonyl (C=O) groups excluding carboxylic acids is 4. The highest BCUT2D eigenvalue weighted by molar-refractivity contribution is 5.84. The minimum absolute atomic E-state index is 0.0304. The van der Waals surface area contributed by atoms with E-state index in [1.165, 1.54) is 6.92 Å². The molecule has 4 N–H and O–H groups in total. The summed E-state index contributed by atoms with van der Waals surface area (Å²) in [4.78, 5) is 51.5. The number of piperidine rings is 1. The third-order valence-corrected chi connectivity index (χ3v) is 9.08. The van der Waals surface area contributed by atoms with Gasteiger partial charge in [-0.15, -0.1) is 0 Å². The summed E-state index contributed by atoms with van der Waals surface area (Å²) in [6.45, 7) is 6.07. The third kappa shape index (κ3) is 4.73. The third-order valence-electron chi connectivity index (χ3n) is 9.08. The minimum Gasteiger partial charge on any atom is -0.480 e. The highest BCUT2D eigenvalue weighted by atomic mass is 16.6. The van der Waals surface area contributed by atoms with Crippen LogP contribution < -0.4 is 15.8 Å². The number of hydrogen-bond acceptors (Lipinski definition) is 10. The van der Waals surface area contributed by atoms with Gasteiger partial charge in [0.05, 0.1) is 29.0 Å². The lowest BCUT2D eigenvalue weighted by molar-refractivity contribution is -0.175. The topological polar surface area (TPSA) is 157 Å². The average molecular weight is 570 g/mol. The van der Waals surface area contributed by atoms with Crippen molar-refractivity contribution < 1.29 is 38.5 Å². The first-order valence-electron chi connectivity index (χ1n) is 14.3. The number of rotatable bonds is 10. The summed E-state index contributed by atoms with van der Waals surface area (Å²) in [5.41, 5.74) is 6.02. The van der Waals surface area contributed by atoms with Gasteiger partial charge in [0.25, 0.3) is 0 Å². The van der Waals surface area contributed by atoms with Crippen molar-refractivity contribution in [3.05, 3.63) is 40.7 Å². The molecule has 2 heterocycles. The number of likely N-dealkylation sites (tertiary alicyclic amines) is 1. The van der Waals surface area contributed by atoms with Gasteiger partial charge in [-0.05, 0) is 63.4 Å². The Balaban J connectivity index is 1.27. The molecule has 6 atom stereocenters. The Morgan fingerprint density at radius 2 is 2.05 bits per heavy atom. The highest BCUT2D eigenvalue weighted by Crippen LogP contribution is 2.64. The number of ether oxygens (including phenoxy) is 3. The normalized spacial score (nSPS) is 29.0. The van der Waals surface area contributed by atoms with Crippen LogP contribution in [-0.4, -0.2) is 84.2 Å². The summed E-state index contributed by atoms with van der Waals surface area (Å²) in [6.07, 6.45) is 2.17. The van der Waals surface area contributed by atoms with E-state index in [0.717, 1.165) is 17.4 Å². The van der Waals surface area contributed by atoms with E-state index in [4.69, 9.17) is 19.9 Å². The fraction of sp³-hybridized carbons (Fsp3) is 0.600. The van der Waals surface area contributed by atoms with Crippen LogP contribution in [-0.2, 0) is 35.7 Å². The molecule has 0 radical (unpaired) electrons. The van der Waals surface area contributed by atoms with Gasteiger partial charge in [0.15, 0.2) is 18.5 Å². The second-order valence-corrected chi connectivity index (χ2v) is 12.1. The van der Waals surface area contributed by atoms with Gasteiger partial charge in [0, 0.05) is 24.6 Å². The first kappa shape index (κ1) is 29.2. The number of esters is 2. The molecule has 2 aliphatic heterocycles. The van der Waals surface area contributed by atoms with Crippen LogP contribution in [0.25, 0.3) is 0 Å². The number of hydrogen-bond donors (Lipinski definition) is 3. The van der Waals surface area contributed by atoms with Crippen LogP contribution in [0.5, 0.6) is 5.75 Å². The molecule has 1 saturated heterocycles. The van der Waals surface area contributed by atoms with Gasteiger partial charge in [0.2, 0.25) is 5.91 Å². The van der Waals surface area contributed by atoms with Crippen molar-refractivity contribution in [2.75, 3.05) is 20.1 Å². The van der Waals surface area contributed by atoms with Gasteiger partial charge in [-0.3, -0.25) is 14.4 Å². The van der Waals surface area contributed by atoms with E-state index in [9.17, 15) is 24.3 Å². The standard InChI is InChI=1S/C30H39N3O8/c1-16(2)13-20(31)27(36)32-11-8-23(35)39-17(3)28(37)40-21-7-9-30(38)22-14-18-5-6-19(15-34)25-24(18)29(30,26(21)41-25)10-12-33(22)4/h5-7,15-17,20,22,26,38H,8-14,31H2,1-4H3,(H,32,36)/t17-,20-,22+,26-,29-,30+/m0/s1. The zero-order valence-electron chi connectivity index (χ0n) is 24.0. The molecule has 1 amide bonds. The van der Waals surface area contributed by atoms with E-state index in [0.29, 0.717) is 37.1 Å². The maximum atomic E-state index is 13.1. The number of benzene rings is 1. The summed E-state index contributed by atoms with van der Waals surface area (Å²) in [7, 11) is 1.99. The Bertz CT molecular complexity index is 1290. The molecule has 11 heteroatoms. The predicted molar refractivity (Wildman–Crippen MR) is 147 cm³/mol. The molecule has 2 aliphatic carbocycles. The van der Waals surface area contributed by atoms with Crippen molar-refractivity contribution in [3.8, 4) is 5.75 Å². The molecule has 0 saturated carbocycles. The lowest BCUT2D eigenvalue weighted by Gasteiger charge is -2.61. The number of nitrogens with zero attached hydrogens (tertiary/aromatic N) is 1. The number of amides is 1. The first-order valence-corrected chi connectivity index (χ1v) is 14.3. The Kier molecular flexibility index (Phi) is 7.73.